The van der Waals surface area contributed by atoms with Gasteiger partial charge in [-0.3, -0.25) is 9.78 Å². The summed E-state index contributed by atoms with van der Waals surface area (Å²) >= 11 is 0. The molecule has 0 spiro atoms. The highest BCUT2D eigenvalue weighted by atomic mass is 16.1. The average molecular weight is 256 g/mol. The fourth-order valence-electron chi connectivity index (χ4n) is 2.44. The predicted molar refractivity (Wildman–Crippen MR) is 70.4 cm³/mol. The van der Waals surface area contributed by atoms with Gasteiger partial charge in [0.1, 0.15) is 5.82 Å². The first-order chi connectivity index (χ1) is 9.31. The van der Waals surface area contributed by atoms with Crippen molar-refractivity contribution in [3.8, 4) is 0 Å². The van der Waals surface area contributed by atoms with Crippen molar-refractivity contribution in [2.24, 2.45) is 0 Å². The number of carbonyl (C=O) groups excluding carboxylic acids is 1. The van der Waals surface area contributed by atoms with Gasteiger partial charge in [-0.05, 0) is 24.1 Å². The molecule has 1 N–H and O–H groups in total. The van der Waals surface area contributed by atoms with Gasteiger partial charge in [-0.2, -0.15) is 0 Å². The van der Waals surface area contributed by atoms with E-state index in [0.717, 1.165) is 30.8 Å². The molecule has 98 valence electrons. The van der Waals surface area contributed by atoms with Crippen molar-refractivity contribution < 1.29 is 4.79 Å². The normalized spacial score (nSPS) is 17.8. The molecule has 0 saturated heterocycles. The SMILES string of the molecule is O=C(Cc1ccncc1)NC1CCn2ccnc2C1. The molecule has 5 nitrogen and oxygen atoms in total. The summed E-state index contributed by atoms with van der Waals surface area (Å²) in [7, 11) is 0. The van der Waals surface area contributed by atoms with Gasteiger partial charge in [-0.1, -0.05) is 0 Å². The molecule has 0 fully saturated rings. The highest BCUT2D eigenvalue weighted by Crippen LogP contribution is 2.13. The van der Waals surface area contributed by atoms with Crippen LogP contribution in [0.4, 0.5) is 0 Å². The highest BCUT2D eigenvalue weighted by Gasteiger charge is 2.20. The Labute approximate surface area is 111 Å². The van der Waals surface area contributed by atoms with E-state index in [1.165, 1.54) is 0 Å². The van der Waals surface area contributed by atoms with Crippen molar-refractivity contribution >= 4 is 5.91 Å². The molecule has 0 saturated carbocycles. The molecule has 0 bridgehead atoms. The molecule has 19 heavy (non-hydrogen) atoms. The number of hydrogen-bond donors (Lipinski definition) is 1. The summed E-state index contributed by atoms with van der Waals surface area (Å²) in [6.45, 7) is 0.926. The van der Waals surface area contributed by atoms with E-state index in [9.17, 15) is 4.79 Å². The fraction of sp³-hybridized carbons (Fsp3) is 0.357. The number of aryl methyl sites for hydroxylation is 1. The summed E-state index contributed by atoms with van der Waals surface area (Å²) < 4.78 is 2.14. The maximum Gasteiger partial charge on any atom is 0.224 e. The monoisotopic (exact) mass is 256 g/mol. The minimum atomic E-state index is 0.0659. The third kappa shape index (κ3) is 2.81. The van der Waals surface area contributed by atoms with E-state index in [0.29, 0.717) is 6.42 Å². The van der Waals surface area contributed by atoms with Gasteiger partial charge in [-0.25, -0.2) is 4.98 Å². The second-order valence-corrected chi connectivity index (χ2v) is 4.83. The third-order valence-corrected chi connectivity index (χ3v) is 3.43. The summed E-state index contributed by atoms with van der Waals surface area (Å²) in [5, 5.41) is 3.09. The van der Waals surface area contributed by atoms with Crippen LogP contribution in [0.2, 0.25) is 0 Å². The second-order valence-electron chi connectivity index (χ2n) is 4.83. The Hall–Kier alpha value is -2.17. The van der Waals surface area contributed by atoms with Gasteiger partial charge in [0.25, 0.3) is 0 Å². The van der Waals surface area contributed by atoms with Gasteiger partial charge in [0.05, 0.1) is 6.42 Å². The molecule has 3 heterocycles. The number of fused-ring (bicyclic) bond motifs is 1. The molecule has 1 atom stereocenters. The third-order valence-electron chi connectivity index (χ3n) is 3.43. The molecule has 1 amide bonds. The lowest BCUT2D eigenvalue weighted by Crippen LogP contribution is -2.40. The van der Waals surface area contributed by atoms with Crippen LogP contribution in [-0.4, -0.2) is 26.5 Å². The Morgan fingerprint density at radius 1 is 1.37 bits per heavy atom. The quantitative estimate of drug-likeness (QED) is 0.889. The fourth-order valence-corrected chi connectivity index (χ4v) is 2.44. The second kappa shape index (κ2) is 5.22. The van der Waals surface area contributed by atoms with Gasteiger partial charge < -0.3 is 9.88 Å². The van der Waals surface area contributed by atoms with Gasteiger partial charge in [0.2, 0.25) is 5.91 Å². The van der Waals surface area contributed by atoms with Crippen LogP contribution in [0.5, 0.6) is 0 Å². The van der Waals surface area contributed by atoms with E-state index in [1.54, 1.807) is 12.4 Å². The molecule has 1 aliphatic rings. The summed E-state index contributed by atoms with van der Waals surface area (Å²) in [6, 6.07) is 3.93. The lowest BCUT2D eigenvalue weighted by atomic mass is 10.1. The first kappa shape index (κ1) is 11.9. The van der Waals surface area contributed by atoms with E-state index in [2.05, 4.69) is 19.9 Å². The Kier molecular flexibility index (Phi) is 3.27. The van der Waals surface area contributed by atoms with E-state index in [-0.39, 0.29) is 11.9 Å². The first-order valence-electron chi connectivity index (χ1n) is 6.49. The number of amides is 1. The summed E-state index contributed by atoms with van der Waals surface area (Å²) in [5.74, 6) is 1.12. The molecule has 5 heteroatoms. The highest BCUT2D eigenvalue weighted by molar-refractivity contribution is 5.78. The number of rotatable bonds is 3. The molecular weight excluding hydrogens is 240 g/mol. The molecule has 2 aromatic rings. The minimum absolute atomic E-state index is 0.0659. The first-order valence-corrected chi connectivity index (χ1v) is 6.49. The van der Waals surface area contributed by atoms with Crippen LogP contribution >= 0.6 is 0 Å². The Morgan fingerprint density at radius 2 is 2.21 bits per heavy atom. The lowest BCUT2D eigenvalue weighted by molar-refractivity contribution is -0.121. The number of imidazole rings is 1. The summed E-state index contributed by atoms with van der Waals surface area (Å²) in [5.41, 5.74) is 0.991. The van der Waals surface area contributed by atoms with Crippen LogP contribution < -0.4 is 5.32 Å². The Balaban J connectivity index is 1.56. The predicted octanol–water partition coefficient (Wildman–Crippen LogP) is 0.952. The molecule has 1 unspecified atom stereocenters. The largest absolute Gasteiger partial charge is 0.353 e. The van der Waals surface area contributed by atoms with Crippen molar-refractivity contribution in [2.75, 3.05) is 0 Å². The molecule has 0 aromatic carbocycles. The Bertz CT molecular complexity index is 564. The number of aromatic nitrogens is 3. The van der Waals surface area contributed by atoms with Crippen LogP contribution in [-0.2, 0) is 24.2 Å². The van der Waals surface area contributed by atoms with Gasteiger partial charge in [0.15, 0.2) is 0 Å². The van der Waals surface area contributed by atoms with Crippen LogP contribution in [0, 0.1) is 0 Å². The molecule has 0 radical (unpaired) electrons. The molecule has 0 aliphatic carbocycles. The summed E-state index contributed by atoms with van der Waals surface area (Å²) in [4.78, 5) is 20.2. The number of hydrogen-bond acceptors (Lipinski definition) is 3. The number of nitrogens with one attached hydrogen (secondary N) is 1. The molecule has 2 aromatic heterocycles. The molecule has 1 aliphatic heterocycles. The topological polar surface area (TPSA) is 59.8 Å². The Morgan fingerprint density at radius 3 is 3.05 bits per heavy atom. The van der Waals surface area contributed by atoms with E-state index < -0.39 is 0 Å². The van der Waals surface area contributed by atoms with Crippen molar-refractivity contribution in [3.63, 3.8) is 0 Å². The number of pyridine rings is 1. The van der Waals surface area contributed by atoms with Crippen LogP contribution in [0.15, 0.2) is 36.9 Å². The summed E-state index contributed by atoms with van der Waals surface area (Å²) in [6.07, 6.45) is 9.41. The van der Waals surface area contributed by atoms with Crippen molar-refractivity contribution in [2.45, 2.75) is 31.8 Å². The number of nitrogens with zero attached hydrogens (tertiary/aromatic N) is 3. The van der Waals surface area contributed by atoms with Crippen molar-refractivity contribution in [1.82, 2.24) is 19.9 Å². The van der Waals surface area contributed by atoms with E-state index >= 15 is 0 Å². The van der Waals surface area contributed by atoms with Crippen LogP contribution in [0.25, 0.3) is 0 Å². The van der Waals surface area contributed by atoms with E-state index in [4.69, 9.17) is 0 Å². The van der Waals surface area contributed by atoms with Crippen LogP contribution in [0.1, 0.15) is 17.8 Å². The van der Waals surface area contributed by atoms with Gasteiger partial charge in [-0.15, -0.1) is 0 Å². The van der Waals surface area contributed by atoms with Gasteiger partial charge >= 0.3 is 0 Å². The minimum Gasteiger partial charge on any atom is -0.353 e. The molecule has 3 rings (SSSR count). The smallest absolute Gasteiger partial charge is 0.224 e. The standard InChI is InChI=1S/C14H16N4O/c19-14(9-11-1-4-15-5-2-11)17-12-3-7-18-8-6-16-13(18)10-12/h1-2,4-6,8,12H,3,7,9-10H2,(H,17,19). The zero-order valence-corrected chi connectivity index (χ0v) is 10.6. The lowest BCUT2D eigenvalue weighted by Gasteiger charge is -2.24. The maximum atomic E-state index is 12.0. The molecular formula is C14H16N4O. The zero-order valence-electron chi connectivity index (χ0n) is 10.6. The van der Waals surface area contributed by atoms with Crippen molar-refractivity contribution in [3.05, 3.63) is 48.3 Å². The van der Waals surface area contributed by atoms with Crippen molar-refractivity contribution in [1.29, 1.82) is 0 Å². The zero-order chi connectivity index (χ0) is 13.1. The van der Waals surface area contributed by atoms with E-state index in [1.807, 2.05) is 24.5 Å². The average Bonchev–Trinajstić information content (AvgIpc) is 2.87. The van der Waals surface area contributed by atoms with Crippen LogP contribution in [0.3, 0.4) is 0 Å². The number of carbonyl (C=O) groups is 1. The van der Waals surface area contributed by atoms with Gasteiger partial charge in [0, 0.05) is 43.8 Å². The maximum absolute atomic E-state index is 12.0.